The minimum atomic E-state index is 0.0703. The van der Waals surface area contributed by atoms with Gasteiger partial charge >= 0.3 is 0 Å². The van der Waals surface area contributed by atoms with E-state index in [4.69, 9.17) is 10.5 Å². The Morgan fingerprint density at radius 3 is 2.41 bits per heavy atom. The van der Waals surface area contributed by atoms with Crippen LogP contribution in [0.2, 0.25) is 0 Å². The van der Waals surface area contributed by atoms with Crippen molar-refractivity contribution < 1.29 is 9.53 Å². The predicted octanol–water partition coefficient (Wildman–Crippen LogP) is 1.29. The Bertz CT molecular complexity index is 225. The molecule has 1 saturated heterocycles. The molecule has 17 heavy (non-hydrogen) atoms. The molecule has 0 aromatic heterocycles. The second kappa shape index (κ2) is 6.97. The summed E-state index contributed by atoms with van der Waals surface area (Å²) in [5.41, 5.74) is 5.89. The van der Waals surface area contributed by atoms with Crippen LogP contribution in [0, 0.1) is 11.3 Å². The van der Waals surface area contributed by atoms with E-state index in [0.717, 1.165) is 25.7 Å². The third-order valence-electron chi connectivity index (χ3n) is 4.16. The van der Waals surface area contributed by atoms with Crippen molar-refractivity contribution in [2.45, 2.75) is 39.5 Å². The van der Waals surface area contributed by atoms with Crippen LogP contribution in [0.5, 0.6) is 0 Å². The molecule has 0 spiro atoms. The van der Waals surface area contributed by atoms with Crippen LogP contribution in [0.3, 0.4) is 0 Å². The largest absolute Gasteiger partial charge is 0.381 e. The normalized spacial score (nSPS) is 18.1. The van der Waals surface area contributed by atoms with Gasteiger partial charge in [-0.25, -0.2) is 0 Å². The van der Waals surface area contributed by atoms with Crippen LogP contribution in [0.1, 0.15) is 39.5 Å². The molecule has 1 aliphatic heterocycles. The van der Waals surface area contributed by atoms with Gasteiger partial charge in [-0.15, -0.1) is 0 Å². The zero-order chi connectivity index (χ0) is 12.7. The van der Waals surface area contributed by atoms with E-state index in [1.165, 1.54) is 0 Å². The molecule has 1 fully saturated rings. The van der Waals surface area contributed by atoms with Gasteiger partial charge in [0.05, 0.1) is 0 Å². The number of carbonyl (C=O) groups excluding carboxylic acids is 1. The number of hydrogen-bond donors (Lipinski definition) is 2. The third kappa shape index (κ3) is 3.96. The number of rotatable bonds is 6. The van der Waals surface area contributed by atoms with Gasteiger partial charge in [0, 0.05) is 25.7 Å². The Balaban J connectivity index is 2.40. The van der Waals surface area contributed by atoms with Gasteiger partial charge in [0.2, 0.25) is 5.91 Å². The SMILES string of the molecule is CCC(CC)(CN)CNC(=O)C1CCOCC1. The second-order valence-electron chi connectivity index (χ2n) is 5.02. The molecule has 1 aliphatic rings. The van der Waals surface area contributed by atoms with E-state index < -0.39 is 0 Å². The quantitative estimate of drug-likeness (QED) is 0.738. The Labute approximate surface area is 104 Å². The lowest BCUT2D eigenvalue weighted by molar-refractivity contribution is -0.128. The molecule has 0 radical (unpaired) electrons. The summed E-state index contributed by atoms with van der Waals surface area (Å²) in [6, 6.07) is 0. The van der Waals surface area contributed by atoms with Gasteiger partial charge in [0.25, 0.3) is 0 Å². The van der Waals surface area contributed by atoms with Gasteiger partial charge in [0.15, 0.2) is 0 Å². The van der Waals surface area contributed by atoms with Crippen molar-refractivity contribution in [2.75, 3.05) is 26.3 Å². The van der Waals surface area contributed by atoms with Crippen LogP contribution in [-0.4, -0.2) is 32.2 Å². The van der Waals surface area contributed by atoms with Crippen molar-refractivity contribution >= 4 is 5.91 Å². The summed E-state index contributed by atoms with van der Waals surface area (Å²) in [5, 5.41) is 3.07. The number of ether oxygens (including phenoxy) is 1. The smallest absolute Gasteiger partial charge is 0.223 e. The summed E-state index contributed by atoms with van der Waals surface area (Å²) in [7, 11) is 0. The van der Waals surface area contributed by atoms with Gasteiger partial charge in [-0.1, -0.05) is 13.8 Å². The zero-order valence-corrected chi connectivity index (χ0v) is 11.1. The highest BCUT2D eigenvalue weighted by Gasteiger charge is 2.27. The first-order valence-corrected chi connectivity index (χ1v) is 6.73. The summed E-state index contributed by atoms with van der Waals surface area (Å²) in [6.45, 7) is 7.03. The first-order chi connectivity index (χ1) is 8.17. The topological polar surface area (TPSA) is 64.3 Å². The standard InChI is InChI=1S/C13H26N2O2/c1-3-13(4-2,9-14)10-15-12(16)11-5-7-17-8-6-11/h11H,3-10,14H2,1-2H3,(H,15,16). The average Bonchev–Trinajstić information content (AvgIpc) is 2.41. The molecule has 0 saturated carbocycles. The van der Waals surface area contributed by atoms with Gasteiger partial charge in [0.1, 0.15) is 0 Å². The summed E-state index contributed by atoms with van der Waals surface area (Å²) < 4.78 is 5.26. The van der Waals surface area contributed by atoms with Gasteiger partial charge < -0.3 is 15.8 Å². The monoisotopic (exact) mass is 242 g/mol. The first-order valence-electron chi connectivity index (χ1n) is 6.73. The maximum atomic E-state index is 12.0. The van der Waals surface area contributed by atoms with E-state index in [-0.39, 0.29) is 17.2 Å². The molecule has 100 valence electrons. The van der Waals surface area contributed by atoms with Crippen molar-refractivity contribution in [2.24, 2.45) is 17.1 Å². The summed E-state index contributed by atoms with van der Waals surface area (Å²) in [4.78, 5) is 12.0. The lowest BCUT2D eigenvalue weighted by Crippen LogP contribution is -2.44. The number of hydrogen-bond acceptors (Lipinski definition) is 3. The van der Waals surface area contributed by atoms with E-state index in [2.05, 4.69) is 19.2 Å². The van der Waals surface area contributed by atoms with Crippen LogP contribution >= 0.6 is 0 Å². The van der Waals surface area contributed by atoms with Crippen molar-refractivity contribution in [3.8, 4) is 0 Å². The second-order valence-corrected chi connectivity index (χ2v) is 5.02. The fourth-order valence-corrected chi connectivity index (χ4v) is 2.24. The van der Waals surface area contributed by atoms with Gasteiger partial charge in [-0.3, -0.25) is 4.79 Å². The molecular weight excluding hydrogens is 216 g/mol. The Hall–Kier alpha value is -0.610. The highest BCUT2D eigenvalue weighted by molar-refractivity contribution is 5.78. The maximum Gasteiger partial charge on any atom is 0.223 e. The van der Waals surface area contributed by atoms with Gasteiger partial charge in [-0.05, 0) is 37.6 Å². The lowest BCUT2D eigenvalue weighted by atomic mass is 9.82. The summed E-state index contributed by atoms with van der Waals surface area (Å²) >= 11 is 0. The molecule has 4 nitrogen and oxygen atoms in total. The molecule has 0 unspecified atom stereocenters. The molecular formula is C13H26N2O2. The molecule has 1 rings (SSSR count). The van der Waals surface area contributed by atoms with Crippen molar-refractivity contribution in [3.63, 3.8) is 0 Å². The molecule has 3 N–H and O–H groups in total. The molecule has 1 amide bonds. The van der Waals surface area contributed by atoms with E-state index in [9.17, 15) is 4.79 Å². The minimum Gasteiger partial charge on any atom is -0.381 e. The maximum absolute atomic E-state index is 12.0. The van der Waals surface area contributed by atoms with E-state index in [1.807, 2.05) is 0 Å². The van der Waals surface area contributed by atoms with Crippen LogP contribution in [0.4, 0.5) is 0 Å². The molecule has 0 bridgehead atoms. The molecule has 0 aromatic rings. The first kappa shape index (κ1) is 14.5. The minimum absolute atomic E-state index is 0.0703. The molecule has 0 atom stereocenters. The van der Waals surface area contributed by atoms with Crippen LogP contribution in [0.15, 0.2) is 0 Å². The number of amides is 1. The van der Waals surface area contributed by atoms with Gasteiger partial charge in [-0.2, -0.15) is 0 Å². The fourth-order valence-electron chi connectivity index (χ4n) is 2.24. The Morgan fingerprint density at radius 1 is 1.35 bits per heavy atom. The van der Waals surface area contributed by atoms with Crippen LogP contribution < -0.4 is 11.1 Å². The van der Waals surface area contributed by atoms with E-state index in [0.29, 0.717) is 26.3 Å². The summed E-state index contributed by atoms with van der Waals surface area (Å²) in [6.07, 6.45) is 3.71. The molecule has 1 heterocycles. The van der Waals surface area contributed by atoms with E-state index >= 15 is 0 Å². The average molecular weight is 242 g/mol. The fraction of sp³-hybridized carbons (Fsp3) is 0.923. The number of carbonyl (C=O) groups is 1. The summed E-state index contributed by atoms with van der Waals surface area (Å²) in [5.74, 6) is 0.306. The number of nitrogens with one attached hydrogen (secondary N) is 1. The molecule has 0 aliphatic carbocycles. The van der Waals surface area contributed by atoms with Crippen molar-refractivity contribution in [1.29, 1.82) is 0 Å². The third-order valence-corrected chi connectivity index (χ3v) is 4.16. The van der Waals surface area contributed by atoms with Crippen molar-refractivity contribution in [3.05, 3.63) is 0 Å². The Kier molecular flexibility index (Phi) is 5.92. The highest BCUT2D eigenvalue weighted by Crippen LogP contribution is 2.24. The number of nitrogens with two attached hydrogens (primary N) is 1. The lowest BCUT2D eigenvalue weighted by Gasteiger charge is -2.31. The van der Waals surface area contributed by atoms with Crippen LogP contribution in [0.25, 0.3) is 0 Å². The van der Waals surface area contributed by atoms with Crippen molar-refractivity contribution in [1.82, 2.24) is 5.32 Å². The Morgan fingerprint density at radius 2 is 1.94 bits per heavy atom. The predicted molar refractivity (Wildman–Crippen MR) is 68.6 cm³/mol. The zero-order valence-electron chi connectivity index (χ0n) is 11.1. The van der Waals surface area contributed by atoms with Crippen LogP contribution in [-0.2, 0) is 9.53 Å². The molecule has 0 aromatic carbocycles. The van der Waals surface area contributed by atoms with E-state index in [1.54, 1.807) is 0 Å². The highest BCUT2D eigenvalue weighted by atomic mass is 16.5. The molecule has 4 heteroatoms.